The van der Waals surface area contributed by atoms with Gasteiger partial charge in [0.25, 0.3) is 0 Å². The quantitative estimate of drug-likeness (QED) is 0.712. The molecule has 1 aromatic heterocycles. The van der Waals surface area contributed by atoms with Gasteiger partial charge in [-0.3, -0.25) is 4.79 Å². The van der Waals surface area contributed by atoms with Gasteiger partial charge in [-0.15, -0.1) is 0 Å². The van der Waals surface area contributed by atoms with Gasteiger partial charge in [0.15, 0.2) is 0 Å². The molecular weight excluding hydrogens is 192 g/mol. The van der Waals surface area contributed by atoms with Crippen LogP contribution in [0.2, 0.25) is 0 Å². The van der Waals surface area contributed by atoms with Crippen molar-refractivity contribution in [3.8, 4) is 0 Å². The number of imidazole rings is 1. The van der Waals surface area contributed by atoms with Crippen molar-refractivity contribution in [1.29, 1.82) is 0 Å². The first kappa shape index (κ1) is 10.2. The second-order valence-electron chi connectivity index (χ2n) is 4.05. The molecular formula is C10H16N4O. The highest BCUT2D eigenvalue weighted by molar-refractivity contribution is 5.79. The summed E-state index contributed by atoms with van der Waals surface area (Å²) in [6, 6.07) is -0.556. The highest BCUT2D eigenvalue weighted by atomic mass is 16.1. The normalized spacial score (nSPS) is 17.7. The SMILES string of the molecule is NC(=O)C(N)CCn1ccnc1C1CC1. The third kappa shape index (κ3) is 2.36. The number of amides is 1. The second-order valence-corrected chi connectivity index (χ2v) is 4.05. The van der Waals surface area contributed by atoms with E-state index in [1.54, 1.807) is 6.20 Å². The van der Waals surface area contributed by atoms with Crippen LogP contribution < -0.4 is 11.5 Å². The van der Waals surface area contributed by atoms with Crippen LogP contribution in [0.4, 0.5) is 0 Å². The number of nitrogens with zero attached hydrogens (tertiary/aromatic N) is 2. The van der Waals surface area contributed by atoms with Crippen LogP contribution in [0.5, 0.6) is 0 Å². The lowest BCUT2D eigenvalue weighted by atomic mass is 10.2. The zero-order valence-corrected chi connectivity index (χ0v) is 8.60. The molecule has 1 aliphatic carbocycles. The van der Waals surface area contributed by atoms with Crippen LogP contribution in [0.3, 0.4) is 0 Å². The Bertz CT molecular complexity index is 356. The van der Waals surface area contributed by atoms with Gasteiger partial charge in [0.1, 0.15) is 5.82 Å². The van der Waals surface area contributed by atoms with Gasteiger partial charge in [0.2, 0.25) is 5.91 Å². The molecule has 1 saturated carbocycles. The molecule has 0 spiro atoms. The molecule has 4 N–H and O–H groups in total. The first-order valence-electron chi connectivity index (χ1n) is 5.24. The Morgan fingerprint density at radius 1 is 1.67 bits per heavy atom. The number of nitrogens with two attached hydrogens (primary N) is 2. The summed E-state index contributed by atoms with van der Waals surface area (Å²) in [6.07, 6.45) is 6.74. The summed E-state index contributed by atoms with van der Waals surface area (Å²) in [6.45, 7) is 0.718. The summed E-state index contributed by atoms with van der Waals surface area (Å²) < 4.78 is 2.07. The average Bonchev–Trinajstić information content (AvgIpc) is 2.94. The number of primary amides is 1. The number of carbonyl (C=O) groups excluding carboxylic acids is 1. The van der Waals surface area contributed by atoms with Gasteiger partial charge in [-0.2, -0.15) is 0 Å². The molecule has 0 aliphatic heterocycles. The maximum Gasteiger partial charge on any atom is 0.234 e. The molecule has 1 heterocycles. The van der Waals surface area contributed by atoms with E-state index in [9.17, 15) is 4.79 Å². The number of carbonyl (C=O) groups is 1. The largest absolute Gasteiger partial charge is 0.368 e. The fourth-order valence-electron chi connectivity index (χ4n) is 1.63. The van der Waals surface area contributed by atoms with E-state index < -0.39 is 11.9 Å². The van der Waals surface area contributed by atoms with Crippen molar-refractivity contribution in [2.24, 2.45) is 11.5 Å². The number of hydrogen-bond acceptors (Lipinski definition) is 3. The Morgan fingerprint density at radius 3 is 3.00 bits per heavy atom. The second kappa shape index (κ2) is 4.02. The topological polar surface area (TPSA) is 86.9 Å². The van der Waals surface area contributed by atoms with E-state index in [4.69, 9.17) is 11.5 Å². The summed E-state index contributed by atoms with van der Waals surface area (Å²) >= 11 is 0. The summed E-state index contributed by atoms with van der Waals surface area (Å²) in [5.74, 6) is 1.29. The molecule has 1 aromatic rings. The summed E-state index contributed by atoms with van der Waals surface area (Å²) in [5, 5.41) is 0. The smallest absolute Gasteiger partial charge is 0.234 e. The van der Waals surface area contributed by atoms with Crippen LogP contribution in [0.25, 0.3) is 0 Å². The molecule has 1 unspecified atom stereocenters. The van der Waals surface area contributed by atoms with E-state index in [-0.39, 0.29) is 0 Å². The third-order valence-corrected chi connectivity index (χ3v) is 2.74. The molecule has 1 atom stereocenters. The fraction of sp³-hybridized carbons (Fsp3) is 0.600. The minimum Gasteiger partial charge on any atom is -0.368 e. The van der Waals surface area contributed by atoms with Crippen molar-refractivity contribution in [3.05, 3.63) is 18.2 Å². The predicted molar refractivity (Wildman–Crippen MR) is 56.0 cm³/mol. The minimum atomic E-state index is -0.556. The van der Waals surface area contributed by atoms with E-state index in [1.807, 2.05) is 6.20 Å². The Morgan fingerprint density at radius 2 is 2.40 bits per heavy atom. The molecule has 15 heavy (non-hydrogen) atoms. The highest BCUT2D eigenvalue weighted by Gasteiger charge is 2.27. The lowest BCUT2D eigenvalue weighted by Crippen LogP contribution is -2.37. The maximum absolute atomic E-state index is 10.8. The summed E-state index contributed by atoms with van der Waals surface area (Å²) in [4.78, 5) is 15.1. The maximum atomic E-state index is 10.8. The lowest BCUT2D eigenvalue weighted by molar-refractivity contribution is -0.119. The van der Waals surface area contributed by atoms with Crippen LogP contribution in [-0.4, -0.2) is 21.5 Å². The van der Waals surface area contributed by atoms with Crippen LogP contribution in [0.15, 0.2) is 12.4 Å². The molecule has 0 radical (unpaired) electrons. The molecule has 5 heteroatoms. The Labute approximate surface area is 88.5 Å². The molecule has 1 amide bonds. The zero-order valence-electron chi connectivity index (χ0n) is 8.60. The van der Waals surface area contributed by atoms with Crippen molar-refractivity contribution < 1.29 is 4.79 Å². The predicted octanol–water partition coefficient (Wildman–Crippen LogP) is -0.0368. The lowest BCUT2D eigenvalue weighted by Gasteiger charge is -2.10. The van der Waals surface area contributed by atoms with Gasteiger partial charge in [-0.05, 0) is 19.3 Å². The summed E-state index contributed by atoms with van der Waals surface area (Å²) in [7, 11) is 0. The van der Waals surface area contributed by atoms with E-state index in [0.29, 0.717) is 12.3 Å². The first-order valence-corrected chi connectivity index (χ1v) is 5.24. The highest BCUT2D eigenvalue weighted by Crippen LogP contribution is 2.38. The Balaban J connectivity index is 1.92. The first-order chi connectivity index (χ1) is 7.18. The van der Waals surface area contributed by atoms with Crippen molar-refractivity contribution in [2.75, 3.05) is 0 Å². The van der Waals surface area contributed by atoms with Gasteiger partial charge >= 0.3 is 0 Å². The number of aromatic nitrogens is 2. The van der Waals surface area contributed by atoms with Crippen LogP contribution in [0.1, 0.15) is 31.0 Å². The van der Waals surface area contributed by atoms with Crippen LogP contribution >= 0.6 is 0 Å². The molecule has 2 rings (SSSR count). The van der Waals surface area contributed by atoms with Crippen LogP contribution in [-0.2, 0) is 11.3 Å². The van der Waals surface area contributed by atoms with Crippen LogP contribution in [0, 0.1) is 0 Å². The molecule has 0 bridgehead atoms. The van der Waals surface area contributed by atoms with Gasteiger partial charge in [0, 0.05) is 24.9 Å². The van der Waals surface area contributed by atoms with E-state index >= 15 is 0 Å². The molecule has 82 valence electrons. The van der Waals surface area contributed by atoms with Gasteiger partial charge in [-0.25, -0.2) is 4.98 Å². The minimum absolute atomic E-state index is 0.442. The Hall–Kier alpha value is -1.36. The number of rotatable bonds is 5. The standard InChI is InChI=1S/C10H16N4O/c11-8(9(12)15)3-5-14-6-4-13-10(14)7-1-2-7/h4,6-8H,1-3,5,11H2,(H2,12,15). The van der Waals surface area contributed by atoms with E-state index in [0.717, 1.165) is 12.4 Å². The number of aryl methyl sites for hydroxylation is 1. The average molecular weight is 208 g/mol. The van der Waals surface area contributed by atoms with Crippen molar-refractivity contribution in [2.45, 2.75) is 37.8 Å². The van der Waals surface area contributed by atoms with Crippen molar-refractivity contribution >= 4 is 5.91 Å². The van der Waals surface area contributed by atoms with E-state index in [2.05, 4.69) is 9.55 Å². The van der Waals surface area contributed by atoms with Crippen molar-refractivity contribution in [3.63, 3.8) is 0 Å². The fourth-order valence-corrected chi connectivity index (χ4v) is 1.63. The monoisotopic (exact) mass is 208 g/mol. The third-order valence-electron chi connectivity index (χ3n) is 2.74. The number of hydrogen-bond donors (Lipinski definition) is 2. The van der Waals surface area contributed by atoms with Gasteiger partial charge < -0.3 is 16.0 Å². The van der Waals surface area contributed by atoms with E-state index in [1.165, 1.54) is 12.8 Å². The molecule has 1 aliphatic rings. The molecule has 0 saturated heterocycles. The van der Waals surface area contributed by atoms with Crippen molar-refractivity contribution in [1.82, 2.24) is 9.55 Å². The zero-order chi connectivity index (χ0) is 10.8. The van der Waals surface area contributed by atoms with Gasteiger partial charge in [-0.1, -0.05) is 0 Å². The molecule has 0 aromatic carbocycles. The molecule has 1 fully saturated rings. The Kier molecular flexibility index (Phi) is 2.73. The molecule has 5 nitrogen and oxygen atoms in total. The summed E-state index contributed by atoms with van der Waals surface area (Å²) in [5.41, 5.74) is 10.7. The van der Waals surface area contributed by atoms with Gasteiger partial charge in [0.05, 0.1) is 6.04 Å².